The summed E-state index contributed by atoms with van der Waals surface area (Å²) in [6.45, 7) is 2.22. The van der Waals surface area contributed by atoms with Gasteiger partial charge in [-0.3, -0.25) is 9.59 Å². The predicted molar refractivity (Wildman–Crippen MR) is 131 cm³/mol. The van der Waals surface area contributed by atoms with Crippen LogP contribution in [0.25, 0.3) is 11.1 Å². The normalized spacial score (nSPS) is 23.0. The van der Waals surface area contributed by atoms with Gasteiger partial charge in [-0.15, -0.1) is 0 Å². The Morgan fingerprint density at radius 2 is 1.71 bits per heavy atom. The molecule has 2 amide bonds. The molecule has 0 unspecified atom stereocenters. The molecule has 2 heterocycles. The van der Waals surface area contributed by atoms with Crippen molar-refractivity contribution in [3.8, 4) is 11.1 Å². The number of hydrogen-bond donors (Lipinski definition) is 2. The maximum Gasteiger partial charge on any atom is 0.407 e. The van der Waals surface area contributed by atoms with Gasteiger partial charge in [-0.25, -0.2) is 4.79 Å². The van der Waals surface area contributed by atoms with Crippen molar-refractivity contribution in [2.75, 3.05) is 6.61 Å². The van der Waals surface area contributed by atoms with Gasteiger partial charge in [0.05, 0.1) is 5.92 Å². The lowest BCUT2D eigenvalue weighted by atomic mass is 9.89. The molecule has 2 fully saturated rings. The zero-order chi connectivity index (χ0) is 24.5. The van der Waals surface area contributed by atoms with Gasteiger partial charge in [-0.2, -0.15) is 0 Å². The fourth-order valence-electron chi connectivity index (χ4n) is 6.23. The highest BCUT2D eigenvalue weighted by molar-refractivity contribution is 5.88. The van der Waals surface area contributed by atoms with E-state index in [1.807, 2.05) is 31.2 Å². The number of benzene rings is 2. The first-order valence-corrected chi connectivity index (χ1v) is 12.7. The Morgan fingerprint density at radius 1 is 1.06 bits per heavy atom. The number of ether oxygens (including phenoxy) is 1. The van der Waals surface area contributed by atoms with Gasteiger partial charge in [-0.05, 0) is 47.9 Å². The number of nitrogens with one attached hydrogen (secondary N) is 1. The maximum absolute atomic E-state index is 13.5. The summed E-state index contributed by atoms with van der Waals surface area (Å²) in [5.41, 5.74) is 4.58. The highest BCUT2D eigenvalue weighted by atomic mass is 16.5. The van der Waals surface area contributed by atoms with Crippen molar-refractivity contribution in [3.63, 3.8) is 0 Å². The summed E-state index contributed by atoms with van der Waals surface area (Å²) in [7, 11) is 0. The summed E-state index contributed by atoms with van der Waals surface area (Å²) in [4.78, 5) is 39.7. The Hall–Kier alpha value is -3.35. The highest BCUT2D eigenvalue weighted by Crippen LogP contribution is 2.45. The second-order valence-corrected chi connectivity index (χ2v) is 9.89. The Bertz CT molecular complexity index is 1090. The van der Waals surface area contributed by atoms with Crippen LogP contribution in [0.2, 0.25) is 0 Å². The van der Waals surface area contributed by atoms with E-state index in [0.717, 1.165) is 41.5 Å². The lowest BCUT2D eigenvalue weighted by Gasteiger charge is -2.28. The van der Waals surface area contributed by atoms with Crippen LogP contribution in [0.4, 0.5) is 4.79 Å². The third-order valence-corrected chi connectivity index (χ3v) is 7.89. The van der Waals surface area contributed by atoms with Gasteiger partial charge < -0.3 is 20.1 Å². The Morgan fingerprint density at radius 3 is 2.31 bits per heavy atom. The van der Waals surface area contributed by atoms with Gasteiger partial charge in [0.15, 0.2) is 0 Å². The number of carbonyl (C=O) groups is 3. The zero-order valence-corrected chi connectivity index (χ0v) is 20.0. The lowest BCUT2D eigenvalue weighted by molar-refractivity contribution is -0.143. The molecule has 5 rings (SSSR count). The lowest BCUT2D eigenvalue weighted by Crippen LogP contribution is -2.51. The molecule has 0 spiro atoms. The smallest absolute Gasteiger partial charge is 0.407 e. The number of aliphatic carboxylic acids is 1. The Labute approximate surface area is 205 Å². The van der Waals surface area contributed by atoms with Crippen LogP contribution < -0.4 is 5.32 Å². The molecule has 2 aliphatic heterocycles. The average molecular weight is 477 g/mol. The van der Waals surface area contributed by atoms with Crippen LogP contribution in [0.15, 0.2) is 48.5 Å². The van der Waals surface area contributed by atoms with Crippen LogP contribution in [0.1, 0.15) is 62.5 Å². The number of amides is 2. The first kappa shape index (κ1) is 23.4. The number of unbranched alkanes of at least 4 members (excludes halogenated alkanes) is 1. The summed E-state index contributed by atoms with van der Waals surface area (Å²) in [6, 6.07) is 15.3. The molecule has 2 saturated heterocycles. The SMILES string of the molecule is CCCC[C@H](NC(=O)OCC1c2ccccc2-c2ccccc21)C(=O)N1[C@@H]2CC[C@H]1[C@@H](C(=O)O)C2. The molecular weight excluding hydrogens is 444 g/mol. The second kappa shape index (κ2) is 9.72. The van der Waals surface area contributed by atoms with Gasteiger partial charge in [0.1, 0.15) is 12.6 Å². The van der Waals surface area contributed by atoms with E-state index in [4.69, 9.17) is 4.74 Å². The molecule has 1 aliphatic carbocycles. The van der Waals surface area contributed by atoms with Crippen molar-refractivity contribution in [2.45, 2.75) is 69.5 Å². The summed E-state index contributed by atoms with van der Waals surface area (Å²) < 4.78 is 5.68. The van der Waals surface area contributed by atoms with Crippen LogP contribution in [0, 0.1) is 5.92 Å². The molecule has 2 bridgehead atoms. The molecule has 0 aromatic heterocycles. The van der Waals surface area contributed by atoms with E-state index in [-0.39, 0.29) is 30.5 Å². The summed E-state index contributed by atoms with van der Waals surface area (Å²) in [5.74, 6) is -1.59. The van der Waals surface area contributed by atoms with Gasteiger partial charge in [0, 0.05) is 18.0 Å². The number of carbonyl (C=O) groups excluding carboxylic acids is 2. The van der Waals surface area contributed by atoms with E-state index in [9.17, 15) is 19.5 Å². The van der Waals surface area contributed by atoms with E-state index in [0.29, 0.717) is 19.3 Å². The van der Waals surface area contributed by atoms with Crippen molar-refractivity contribution in [3.05, 3.63) is 59.7 Å². The molecule has 2 aromatic rings. The molecule has 7 heteroatoms. The van der Waals surface area contributed by atoms with E-state index < -0.39 is 24.0 Å². The highest BCUT2D eigenvalue weighted by Gasteiger charge is 2.52. The van der Waals surface area contributed by atoms with Gasteiger partial charge in [0.25, 0.3) is 0 Å². The largest absolute Gasteiger partial charge is 0.481 e. The van der Waals surface area contributed by atoms with Crippen LogP contribution in [-0.2, 0) is 14.3 Å². The summed E-state index contributed by atoms with van der Waals surface area (Å²) in [6.07, 6.45) is 3.60. The number of alkyl carbamates (subject to hydrolysis) is 1. The number of carboxylic acid groups (broad SMARTS) is 1. The third kappa shape index (κ3) is 4.28. The zero-order valence-electron chi connectivity index (χ0n) is 20.0. The molecule has 2 aromatic carbocycles. The summed E-state index contributed by atoms with van der Waals surface area (Å²) in [5, 5.41) is 12.4. The topological polar surface area (TPSA) is 95.9 Å². The van der Waals surface area contributed by atoms with E-state index >= 15 is 0 Å². The molecule has 7 nitrogen and oxygen atoms in total. The van der Waals surface area contributed by atoms with E-state index in [1.165, 1.54) is 0 Å². The Balaban J connectivity index is 1.26. The molecule has 0 radical (unpaired) electrons. The molecule has 4 atom stereocenters. The van der Waals surface area contributed by atoms with E-state index in [2.05, 4.69) is 29.6 Å². The minimum Gasteiger partial charge on any atom is -0.481 e. The molecule has 3 aliphatic rings. The second-order valence-electron chi connectivity index (χ2n) is 9.89. The molecule has 2 N–H and O–H groups in total. The maximum atomic E-state index is 13.5. The standard InChI is InChI=1S/C28H32N2O5/c1-2-3-12-24(26(31)30-17-13-14-25(30)22(15-17)27(32)33)29-28(34)35-16-23-20-10-6-4-8-18(20)19-9-5-7-11-21(19)23/h4-11,17,22-25H,2-3,12-16H2,1H3,(H,29,34)(H,32,33)/t17-,22+,24+,25+/m1/s1. The molecule has 0 saturated carbocycles. The summed E-state index contributed by atoms with van der Waals surface area (Å²) >= 11 is 0. The minimum absolute atomic E-state index is 0.0521. The monoisotopic (exact) mass is 476 g/mol. The van der Waals surface area contributed by atoms with Crippen LogP contribution in [0.5, 0.6) is 0 Å². The van der Waals surface area contributed by atoms with Crippen molar-refractivity contribution in [1.29, 1.82) is 0 Å². The fourth-order valence-corrected chi connectivity index (χ4v) is 6.23. The first-order valence-electron chi connectivity index (χ1n) is 12.7. The number of rotatable bonds is 8. The number of nitrogens with zero attached hydrogens (tertiary/aromatic N) is 1. The number of carboxylic acids is 1. The van der Waals surface area contributed by atoms with Crippen LogP contribution >= 0.6 is 0 Å². The molecule has 35 heavy (non-hydrogen) atoms. The predicted octanol–water partition coefficient (Wildman–Crippen LogP) is 4.55. The average Bonchev–Trinajstić information content (AvgIpc) is 3.54. The molecular formula is C28H32N2O5. The van der Waals surface area contributed by atoms with Crippen LogP contribution in [-0.4, -0.2) is 52.7 Å². The Kier molecular flexibility index (Phi) is 6.50. The van der Waals surface area contributed by atoms with Gasteiger partial charge in [0.2, 0.25) is 5.91 Å². The first-order chi connectivity index (χ1) is 17.0. The minimum atomic E-state index is -0.843. The number of hydrogen-bond acceptors (Lipinski definition) is 4. The number of fused-ring (bicyclic) bond motifs is 5. The third-order valence-electron chi connectivity index (χ3n) is 7.89. The van der Waals surface area contributed by atoms with Gasteiger partial charge in [-0.1, -0.05) is 68.3 Å². The van der Waals surface area contributed by atoms with Gasteiger partial charge >= 0.3 is 12.1 Å². The van der Waals surface area contributed by atoms with Crippen molar-refractivity contribution in [2.24, 2.45) is 5.92 Å². The van der Waals surface area contributed by atoms with Crippen molar-refractivity contribution >= 4 is 18.0 Å². The molecule has 184 valence electrons. The van der Waals surface area contributed by atoms with Crippen molar-refractivity contribution in [1.82, 2.24) is 10.2 Å². The van der Waals surface area contributed by atoms with Crippen LogP contribution in [0.3, 0.4) is 0 Å². The van der Waals surface area contributed by atoms with Crippen molar-refractivity contribution < 1.29 is 24.2 Å². The quantitative estimate of drug-likeness (QED) is 0.583. The van der Waals surface area contributed by atoms with E-state index in [1.54, 1.807) is 4.90 Å². The fraction of sp³-hybridized carbons (Fsp3) is 0.464.